The lowest BCUT2D eigenvalue weighted by Gasteiger charge is -2.16. The van der Waals surface area contributed by atoms with Crippen LogP contribution in [0.2, 0.25) is 0 Å². The molecule has 26 heavy (non-hydrogen) atoms. The van der Waals surface area contributed by atoms with Gasteiger partial charge >= 0.3 is 6.18 Å². The number of aromatic hydroxyl groups is 1. The lowest BCUT2D eigenvalue weighted by Crippen LogP contribution is -2.07. The van der Waals surface area contributed by atoms with E-state index in [2.05, 4.69) is 11.1 Å². The summed E-state index contributed by atoms with van der Waals surface area (Å²) < 4.78 is 45.2. The maximum Gasteiger partial charge on any atom is 0.416 e. The molecule has 0 unspecified atom stereocenters. The molecule has 3 aromatic rings. The van der Waals surface area contributed by atoms with Crippen LogP contribution in [0.15, 0.2) is 40.9 Å². The van der Waals surface area contributed by atoms with Gasteiger partial charge in [0.2, 0.25) is 0 Å². The maximum atomic E-state index is 13.4. The molecular weight excluding hydrogens is 343 g/mol. The van der Waals surface area contributed by atoms with Gasteiger partial charge in [-0.3, -0.25) is 0 Å². The van der Waals surface area contributed by atoms with Crippen LogP contribution in [-0.2, 0) is 6.18 Å². The van der Waals surface area contributed by atoms with E-state index in [1.807, 2.05) is 0 Å². The fourth-order valence-corrected chi connectivity index (χ4v) is 2.90. The highest BCUT2D eigenvalue weighted by Gasteiger charge is 2.33. The van der Waals surface area contributed by atoms with Gasteiger partial charge in [-0.2, -0.15) is 13.2 Å². The second-order valence-electron chi connectivity index (χ2n) is 5.83. The van der Waals surface area contributed by atoms with Crippen molar-refractivity contribution in [3.63, 3.8) is 0 Å². The molecule has 0 fully saturated rings. The number of phenolic OH excluding ortho intramolecular Hbond substituents is 1. The summed E-state index contributed by atoms with van der Waals surface area (Å²) in [6, 6.07) is 7.88. The van der Waals surface area contributed by atoms with Crippen LogP contribution in [0.4, 0.5) is 13.2 Å². The quantitative estimate of drug-likeness (QED) is 0.631. The molecule has 1 N–H and O–H groups in total. The van der Waals surface area contributed by atoms with Crippen molar-refractivity contribution in [3.8, 4) is 40.3 Å². The van der Waals surface area contributed by atoms with Crippen LogP contribution in [0.1, 0.15) is 22.6 Å². The molecule has 0 saturated heterocycles. The highest BCUT2D eigenvalue weighted by atomic mass is 19.4. The van der Waals surface area contributed by atoms with E-state index in [-0.39, 0.29) is 11.3 Å². The van der Waals surface area contributed by atoms with Gasteiger partial charge in [0.05, 0.1) is 11.3 Å². The van der Waals surface area contributed by atoms with Crippen LogP contribution < -0.4 is 0 Å². The van der Waals surface area contributed by atoms with Gasteiger partial charge in [-0.1, -0.05) is 23.2 Å². The van der Waals surface area contributed by atoms with Crippen LogP contribution in [0.25, 0.3) is 22.3 Å². The van der Waals surface area contributed by atoms with Gasteiger partial charge in [-0.25, -0.2) is 0 Å². The predicted octanol–water partition coefficient (Wildman–Crippen LogP) is 5.33. The first-order valence-electron chi connectivity index (χ1n) is 7.67. The summed E-state index contributed by atoms with van der Waals surface area (Å²) in [7, 11) is 0. The fourth-order valence-electron chi connectivity index (χ4n) is 2.90. The van der Waals surface area contributed by atoms with E-state index in [9.17, 15) is 18.3 Å². The van der Waals surface area contributed by atoms with Crippen molar-refractivity contribution in [1.82, 2.24) is 5.16 Å². The number of alkyl halides is 3. The van der Waals surface area contributed by atoms with Crippen LogP contribution >= 0.6 is 0 Å². The maximum absolute atomic E-state index is 13.4. The lowest BCUT2D eigenvalue weighted by atomic mass is 9.88. The number of hydrogen-bond donors (Lipinski definition) is 1. The molecule has 6 heteroatoms. The summed E-state index contributed by atoms with van der Waals surface area (Å²) in [6.07, 6.45) is 0.985. The molecule has 0 aliphatic carbocycles. The Bertz CT molecular complexity index is 990. The Balaban J connectivity index is 2.42. The van der Waals surface area contributed by atoms with E-state index >= 15 is 0 Å². The molecule has 0 aliphatic rings. The third kappa shape index (κ3) is 3.04. The molecule has 0 radical (unpaired) electrons. The molecule has 2 aromatic carbocycles. The Morgan fingerprint density at radius 2 is 1.73 bits per heavy atom. The number of aryl methyl sites for hydroxylation is 2. The number of phenols is 1. The normalized spacial score (nSPS) is 11.4. The average molecular weight is 357 g/mol. The molecule has 0 bridgehead atoms. The van der Waals surface area contributed by atoms with Crippen molar-refractivity contribution < 1.29 is 22.8 Å². The molecule has 3 rings (SSSR count). The first-order chi connectivity index (χ1) is 12.2. The van der Waals surface area contributed by atoms with Crippen molar-refractivity contribution in [1.29, 1.82) is 0 Å². The van der Waals surface area contributed by atoms with Gasteiger partial charge in [0.25, 0.3) is 0 Å². The summed E-state index contributed by atoms with van der Waals surface area (Å²) in [5, 5.41) is 13.4. The predicted molar refractivity (Wildman–Crippen MR) is 91.5 cm³/mol. The van der Waals surface area contributed by atoms with E-state index in [4.69, 9.17) is 10.9 Å². The fraction of sp³-hybridized carbons (Fsp3) is 0.150. The third-order valence-electron chi connectivity index (χ3n) is 4.08. The second-order valence-corrected chi connectivity index (χ2v) is 5.83. The zero-order valence-corrected chi connectivity index (χ0v) is 14.0. The Hall–Kier alpha value is -3.20. The summed E-state index contributed by atoms with van der Waals surface area (Å²) in [4.78, 5) is 0. The number of aromatic nitrogens is 1. The van der Waals surface area contributed by atoms with Crippen molar-refractivity contribution >= 4 is 0 Å². The highest BCUT2D eigenvalue weighted by molar-refractivity contribution is 5.89. The molecule has 0 spiro atoms. The monoisotopic (exact) mass is 357 g/mol. The number of nitrogens with zero attached hydrogens (tertiary/aromatic N) is 1. The van der Waals surface area contributed by atoms with Crippen molar-refractivity contribution in [2.75, 3.05) is 0 Å². The van der Waals surface area contributed by atoms with Crippen molar-refractivity contribution in [2.24, 2.45) is 0 Å². The van der Waals surface area contributed by atoms with Crippen LogP contribution in [-0.4, -0.2) is 10.3 Å². The topological polar surface area (TPSA) is 46.3 Å². The van der Waals surface area contributed by atoms with Crippen LogP contribution in [0, 0.1) is 26.2 Å². The molecule has 0 amide bonds. The largest absolute Gasteiger partial charge is 0.508 e. The molecule has 1 aromatic heterocycles. The molecule has 132 valence electrons. The van der Waals surface area contributed by atoms with E-state index in [1.54, 1.807) is 13.8 Å². The van der Waals surface area contributed by atoms with Gasteiger partial charge in [0, 0.05) is 16.7 Å². The molecule has 0 saturated carbocycles. The standard InChI is InChI=1S/C20H14F3NO2/c1-4-13-9-15(20(21,22)23)10-17(14-5-7-16(25)8-6-14)19(13)18-11(2)24-26-12(18)3/h1,5-10,25H,2-3H3. The summed E-state index contributed by atoms with van der Waals surface area (Å²) in [6.45, 7) is 3.37. The van der Waals surface area contributed by atoms with Gasteiger partial charge in [0.1, 0.15) is 11.5 Å². The zero-order valence-electron chi connectivity index (χ0n) is 14.0. The van der Waals surface area contributed by atoms with Gasteiger partial charge in [-0.05, 0) is 49.2 Å². The molecular formula is C20H14F3NO2. The van der Waals surface area contributed by atoms with Gasteiger partial charge < -0.3 is 9.63 Å². The Kier molecular flexibility index (Phi) is 4.25. The number of hydrogen-bond acceptors (Lipinski definition) is 3. The third-order valence-corrected chi connectivity index (χ3v) is 4.08. The zero-order chi connectivity index (χ0) is 19.1. The smallest absolute Gasteiger partial charge is 0.416 e. The average Bonchev–Trinajstić information content (AvgIpc) is 2.92. The minimum absolute atomic E-state index is 0.0109. The summed E-state index contributed by atoms with van der Waals surface area (Å²) in [5.41, 5.74) is 1.57. The van der Waals surface area contributed by atoms with Gasteiger partial charge in [0.15, 0.2) is 0 Å². The van der Waals surface area contributed by atoms with Gasteiger partial charge in [-0.15, -0.1) is 6.42 Å². The van der Waals surface area contributed by atoms with E-state index in [0.29, 0.717) is 33.7 Å². The van der Waals surface area contributed by atoms with E-state index < -0.39 is 11.7 Å². The number of halogens is 3. The number of rotatable bonds is 2. The Morgan fingerprint density at radius 3 is 2.23 bits per heavy atom. The number of terminal acetylenes is 1. The van der Waals surface area contributed by atoms with Crippen molar-refractivity contribution in [2.45, 2.75) is 20.0 Å². The van der Waals surface area contributed by atoms with E-state index in [0.717, 1.165) is 12.1 Å². The molecule has 0 aliphatic heterocycles. The second kappa shape index (κ2) is 6.26. The highest BCUT2D eigenvalue weighted by Crippen LogP contribution is 2.42. The first-order valence-corrected chi connectivity index (χ1v) is 7.67. The van der Waals surface area contributed by atoms with Crippen LogP contribution in [0.3, 0.4) is 0 Å². The van der Waals surface area contributed by atoms with Crippen LogP contribution in [0.5, 0.6) is 5.75 Å². The molecule has 1 heterocycles. The minimum atomic E-state index is -4.55. The summed E-state index contributed by atoms with van der Waals surface area (Å²) >= 11 is 0. The first kappa shape index (κ1) is 17.6. The number of benzene rings is 2. The Labute approximate surface area is 148 Å². The Morgan fingerprint density at radius 1 is 1.08 bits per heavy atom. The SMILES string of the molecule is C#Cc1cc(C(F)(F)F)cc(-c2ccc(O)cc2)c1-c1c(C)noc1C. The summed E-state index contributed by atoms with van der Waals surface area (Å²) in [5.74, 6) is 2.82. The molecule has 0 atom stereocenters. The molecule has 3 nitrogen and oxygen atoms in total. The minimum Gasteiger partial charge on any atom is -0.508 e. The lowest BCUT2D eigenvalue weighted by molar-refractivity contribution is -0.137. The van der Waals surface area contributed by atoms with E-state index in [1.165, 1.54) is 24.3 Å². The van der Waals surface area contributed by atoms with Crippen molar-refractivity contribution in [3.05, 3.63) is 59.0 Å².